The van der Waals surface area contributed by atoms with Crippen LogP contribution in [0.4, 0.5) is 5.69 Å². The van der Waals surface area contributed by atoms with Crippen molar-refractivity contribution in [3.05, 3.63) is 66.7 Å². The number of amides is 1. The molecular formula is C19H19NO3. The van der Waals surface area contributed by atoms with Gasteiger partial charge in [-0.05, 0) is 43.3 Å². The number of hydrogen-bond acceptors (Lipinski definition) is 3. The van der Waals surface area contributed by atoms with Crippen LogP contribution in [0.15, 0.2) is 61.2 Å². The van der Waals surface area contributed by atoms with E-state index in [1.165, 1.54) is 0 Å². The van der Waals surface area contributed by atoms with Gasteiger partial charge in [0.25, 0.3) is 5.91 Å². The zero-order valence-corrected chi connectivity index (χ0v) is 13.1. The van der Waals surface area contributed by atoms with Gasteiger partial charge < -0.3 is 14.4 Å². The van der Waals surface area contributed by atoms with Gasteiger partial charge in [-0.25, -0.2) is 0 Å². The van der Waals surface area contributed by atoms with Crippen LogP contribution >= 0.6 is 0 Å². The van der Waals surface area contributed by atoms with Crippen molar-refractivity contribution in [3.8, 4) is 11.5 Å². The lowest BCUT2D eigenvalue weighted by atomic mass is 10.1. The Morgan fingerprint density at radius 2 is 2.04 bits per heavy atom. The average molecular weight is 309 g/mol. The summed E-state index contributed by atoms with van der Waals surface area (Å²) in [5.74, 6) is 1.42. The minimum atomic E-state index is -0.0390. The van der Waals surface area contributed by atoms with Crippen LogP contribution < -0.4 is 14.4 Å². The van der Waals surface area contributed by atoms with Crippen LogP contribution in [0, 0.1) is 0 Å². The van der Waals surface area contributed by atoms with Gasteiger partial charge in [-0.15, -0.1) is 0 Å². The third kappa shape index (κ3) is 3.21. The van der Waals surface area contributed by atoms with E-state index >= 15 is 0 Å². The zero-order valence-electron chi connectivity index (χ0n) is 13.1. The normalized spacial score (nSPS) is 16.2. The molecular weight excluding hydrogens is 290 g/mol. The third-order valence-corrected chi connectivity index (χ3v) is 3.64. The van der Waals surface area contributed by atoms with Crippen molar-refractivity contribution in [1.29, 1.82) is 0 Å². The molecule has 0 bridgehead atoms. The topological polar surface area (TPSA) is 38.8 Å². The van der Waals surface area contributed by atoms with E-state index in [1.807, 2.05) is 31.2 Å². The second-order valence-electron chi connectivity index (χ2n) is 5.44. The molecule has 2 aromatic rings. The second-order valence-corrected chi connectivity index (χ2v) is 5.44. The van der Waals surface area contributed by atoms with Crippen molar-refractivity contribution in [3.63, 3.8) is 0 Å². The fourth-order valence-corrected chi connectivity index (χ4v) is 2.59. The van der Waals surface area contributed by atoms with Crippen LogP contribution in [0.25, 0.3) is 0 Å². The molecule has 4 heteroatoms. The molecule has 0 spiro atoms. The summed E-state index contributed by atoms with van der Waals surface area (Å²) in [5.41, 5.74) is 1.43. The molecule has 0 unspecified atom stereocenters. The molecule has 0 saturated heterocycles. The Morgan fingerprint density at radius 1 is 1.30 bits per heavy atom. The molecule has 1 amide bonds. The molecule has 0 saturated carbocycles. The maximum Gasteiger partial charge on any atom is 0.258 e. The molecule has 4 nitrogen and oxygen atoms in total. The van der Waals surface area contributed by atoms with Gasteiger partial charge in [0, 0.05) is 5.56 Å². The standard InChI is InChI=1S/C19H19NO3/c1-3-12-22-16-10-8-15(9-11-16)19(21)20-13-14(2)23-18-7-5-4-6-17(18)20/h3-11,14H,1,12-13H2,2H3/t14-/m1/s1. The van der Waals surface area contributed by atoms with Gasteiger partial charge in [0.15, 0.2) is 0 Å². The zero-order chi connectivity index (χ0) is 16.2. The highest BCUT2D eigenvalue weighted by Gasteiger charge is 2.27. The molecule has 23 heavy (non-hydrogen) atoms. The third-order valence-electron chi connectivity index (χ3n) is 3.64. The highest BCUT2D eigenvalue weighted by Crippen LogP contribution is 2.34. The van der Waals surface area contributed by atoms with E-state index in [0.717, 1.165) is 17.2 Å². The number of hydrogen-bond donors (Lipinski definition) is 0. The first-order valence-electron chi connectivity index (χ1n) is 7.60. The van der Waals surface area contributed by atoms with E-state index in [2.05, 4.69) is 6.58 Å². The van der Waals surface area contributed by atoms with Gasteiger partial charge in [0.1, 0.15) is 24.2 Å². The number of nitrogens with zero attached hydrogens (tertiary/aromatic N) is 1. The minimum Gasteiger partial charge on any atom is -0.490 e. The lowest BCUT2D eigenvalue weighted by Crippen LogP contribution is -2.42. The van der Waals surface area contributed by atoms with E-state index in [9.17, 15) is 4.79 Å². The van der Waals surface area contributed by atoms with E-state index in [0.29, 0.717) is 18.7 Å². The van der Waals surface area contributed by atoms with E-state index in [4.69, 9.17) is 9.47 Å². The number of carbonyl (C=O) groups excluding carboxylic acids is 1. The van der Waals surface area contributed by atoms with Gasteiger partial charge in [-0.2, -0.15) is 0 Å². The Kier molecular flexibility index (Phi) is 4.33. The van der Waals surface area contributed by atoms with Gasteiger partial charge in [0.05, 0.1) is 12.2 Å². The van der Waals surface area contributed by atoms with Crippen LogP contribution in [0.1, 0.15) is 17.3 Å². The maximum atomic E-state index is 12.8. The molecule has 1 atom stereocenters. The van der Waals surface area contributed by atoms with Crippen LogP contribution in [-0.4, -0.2) is 25.2 Å². The molecule has 0 fully saturated rings. The second kappa shape index (κ2) is 6.57. The van der Waals surface area contributed by atoms with Crippen molar-refractivity contribution >= 4 is 11.6 Å². The Bertz CT molecular complexity index is 709. The fourth-order valence-electron chi connectivity index (χ4n) is 2.59. The molecule has 1 aliphatic rings. The number of anilines is 1. The molecule has 118 valence electrons. The van der Waals surface area contributed by atoms with Gasteiger partial charge in [-0.1, -0.05) is 24.8 Å². The van der Waals surface area contributed by atoms with Crippen LogP contribution in [0.3, 0.4) is 0 Å². The maximum absolute atomic E-state index is 12.8. The molecule has 3 rings (SSSR count). The smallest absolute Gasteiger partial charge is 0.258 e. The Labute approximate surface area is 135 Å². The van der Waals surface area contributed by atoms with E-state index in [-0.39, 0.29) is 12.0 Å². The Balaban J connectivity index is 1.84. The van der Waals surface area contributed by atoms with Gasteiger partial charge in [-0.3, -0.25) is 4.79 Å². The van der Waals surface area contributed by atoms with Crippen molar-refractivity contribution < 1.29 is 14.3 Å². The summed E-state index contributed by atoms with van der Waals surface area (Å²) < 4.78 is 11.2. The summed E-state index contributed by atoms with van der Waals surface area (Å²) in [5, 5.41) is 0. The Hall–Kier alpha value is -2.75. The highest BCUT2D eigenvalue weighted by atomic mass is 16.5. The minimum absolute atomic E-state index is 0.0379. The number of ether oxygens (including phenoxy) is 2. The summed E-state index contributed by atoms with van der Waals surface area (Å²) in [6.07, 6.45) is 1.65. The number of fused-ring (bicyclic) bond motifs is 1. The molecule has 0 N–H and O–H groups in total. The Morgan fingerprint density at radius 3 is 2.78 bits per heavy atom. The van der Waals surface area contributed by atoms with Crippen LogP contribution in [0.2, 0.25) is 0 Å². The van der Waals surface area contributed by atoms with Crippen LogP contribution in [-0.2, 0) is 0 Å². The van der Waals surface area contributed by atoms with Crippen LogP contribution in [0.5, 0.6) is 11.5 Å². The van der Waals surface area contributed by atoms with E-state index < -0.39 is 0 Å². The summed E-state index contributed by atoms with van der Waals surface area (Å²) in [7, 11) is 0. The summed E-state index contributed by atoms with van der Waals surface area (Å²) in [6.45, 7) is 6.55. The largest absolute Gasteiger partial charge is 0.490 e. The monoisotopic (exact) mass is 309 g/mol. The number of para-hydroxylation sites is 2. The molecule has 1 heterocycles. The predicted molar refractivity (Wildman–Crippen MR) is 90.3 cm³/mol. The van der Waals surface area contributed by atoms with Crippen molar-refractivity contribution in [1.82, 2.24) is 0 Å². The summed E-state index contributed by atoms with van der Waals surface area (Å²) >= 11 is 0. The lowest BCUT2D eigenvalue weighted by molar-refractivity contribution is 0.0961. The molecule has 2 aromatic carbocycles. The molecule has 0 radical (unpaired) electrons. The van der Waals surface area contributed by atoms with Crippen molar-refractivity contribution in [2.24, 2.45) is 0 Å². The molecule has 0 aromatic heterocycles. The van der Waals surface area contributed by atoms with Gasteiger partial charge in [0.2, 0.25) is 0 Å². The van der Waals surface area contributed by atoms with Crippen molar-refractivity contribution in [2.45, 2.75) is 13.0 Å². The first kappa shape index (κ1) is 15.2. The highest BCUT2D eigenvalue weighted by molar-refractivity contribution is 6.07. The quantitative estimate of drug-likeness (QED) is 0.809. The summed E-state index contributed by atoms with van der Waals surface area (Å²) in [4.78, 5) is 14.6. The first-order valence-corrected chi connectivity index (χ1v) is 7.60. The summed E-state index contributed by atoms with van der Waals surface area (Å²) in [6, 6.07) is 14.8. The SMILES string of the molecule is C=CCOc1ccc(C(=O)N2C[C@@H](C)Oc3ccccc32)cc1. The number of rotatable bonds is 4. The van der Waals surface area contributed by atoms with Gasteiger partial charge >= 0.3 is 0 Å². The average Bonchev–Trinajstić information content (AvgIpc) is 2.59. The number of carbonyl (C=O) groups is 1. The predicted octanol–water partition coefficient (Wildman–Crippen LogP) is 3.68. The van der Waals surface area contributed by atoms with E-state index in [1.54, 1.807) is 35.2 Å². The molecule has 1 aliphatic heterocycles. The van der Waals surface area contributed by atoms with Crippen molar-refractivity contribution in [2.75, 3.05) is 18.1 Å². The molecule has 0 aliphatic carbocycles. The first-order chi connectivity index (χ1) is 11.2. The number of benzene rings is 2. The lowest BCUT2D eigenvalue weighted by Gasteiger charge is -2.33. The fraction of sp³-hybridized carbons (Fsp3) is 0.211.